The van der Waals surface area contributed by atoms with Gasteiger partial charge in [-0.15, -0.1) is 0 Å². The number of hydrogen-bond acceptors (Lipinski definition) is 1. The molecule has 3 rings (SSSR count). The van der Waals surface area contributed by atoms with E-state index in [4.69, 9.17) is 0 Å². The minimum Gasteiger partial charge on any atom is -0.307 e. The quantitative estimate of drug-likeness (QED) is 0.821. The summed E-state index contributed by atoms with van der Waals surface area (Å²) in [7, 11) is 0. The van der Waals surface area contributed by atoms with Crippen molar-refractivity contribution in [2.45, 2.75) is 57.0 Å². The molecule has 2 aliphatic carbocycles. The summed E-state index contributed by atoms with van der Waals surface area (Å²) in [5, 5.41) is 3.88. The van der Waals surface area contributed by atoms with Gasteiger partial charge >= 0.3 is 0 Å². The van der Waals surface area contributed by atoms with Crippen LogP contribution in [-0.2, 0) is 0 Å². The van der Waals surface area contributed by atoms with Gasteiger partial charge in [0.25, 0.3) is 0 Å². The molecule has 92 valence electrons. The molecule has 0 bridgehead atoms. The van der Waals surface area contributed by atoms with Crippen LogP contribution in [0.2, 0.25) is 0 Å². The van der Waals surface area contributed by atoms with Crippen molar-refractivity contribution in [3.8, 4) is 0 Å². The van der Waals surface area contributed by atoms with E-state index >= 15 is 0 Å². The summed E-state index contributed by atoms with van der Waals surface area (Å²) in [6.45, 7) is 0. The van der Waals surface area contributed by atoms with Gasteiger partial charge in [-0.25, -0.2) is 0 Å². The van der Waals surface area contributed by atoms with E-state index < -0.39 is 0 Å². The predicted octanol–water partition coefficient (Wildman–Crippen LogP) is 4.06. The molecule has 1 nitrogen and oxygen atoms in total. The van der Waals surface area contributed by atoms with Crippen LogP contribution < -0.4 is 5.32 Å². The fourth-order valence-electron chi connectivity index (χ4n) is 3.14. The van der Waals surface area contributed by atoms with Gasteiger partial charge in [-0.2, -0.15) is 0 Å². The molecule has 1 atom stereocenters. The number of hydrogen-bond donors (Lipinski definition) is 1. The average Bonchev–Trinajstić information content (AvgIpc) is 3.22. The van der Waals surface area contributed by atoms with Gasteiger partial charge in [0.1, 0.15) is 0 Å². The van der Waals surface area contributed by atoms with Crippen LogP contribution in [0.25, 0.3) is 0 Å². The topological polar surface area (TPSA) is 12.0 Å². The second-order valence-corrected chi connectivity index (χ2v) is 5.73. The summed E-state index contributed by atoms with van der Waals surface area (Å²) in [6.07, 6.45) is 9.91. The zero-order valence-electron chi connectivity index (χ0n) is 10.6. The van der Waals surface area contributed by atoms with Crippen LogP contribution in [0.4, 0.5) is 0 Å². The van der Waals surface area contributed by atoms with Crippen molar-refractivity contribution < 1.29 is 0 Å². The van der Waals surface area contributed by atoms with Crippen molar-refractivity contribution in [2.75, 3.05) is 0 Å². The zero-order chi connectivity index (χ0) is 11.5. The Morgan fingerprint density at radius 1 is 0.882 bits per heavy atom. The van der Waals surface area contributed by atoms with Gasteiger partial charge in [0.15, 0.2) is 0 Å². The maximum absolute atomic E-state index is 3.88. The molecule has 0 radical (unpaired) electrons. The molecule has 0 amide bonds. The molecule has 1 heteroatoms. The Bertz CT molecular complexity index is 336. The molecule has 1 N–H and O–H groups in total. The van der Waals surface area contributed by atoms with Crippen LogP contribution in [0.5, 0.6) is 0 Å². The maximum atomic E-state index is 3.88. The molecule has 0 aliphatic heterocycles. The van der Waals surface area contributed by atoms with Crippen molar-refractivity contribution in [3.63, 3.8) is 0 Å². The molecule has 0 saturated heterocycles. The summed E-state index contributed by atoms with van der Waals surface area (Å²) in [5.74, 6) is 0.867. The highest BCUT2D eigenvalue weighted by Gasteiger charge is 2.30. The van der Waals surface area contributed by atoms with Crippen molar-refractivity contribution in [2.24, 2.45) is 5.92 Å². The first-order chi connectivity index (χ1) is 8.43. The fourth-order valence-corrected chi connectivity index (χ4v) is 3.14. The van der Waals surface area contributed by atoms with Gasteiger partial charge < -0.3 is 5.32 Å². The molecule has 2 saturated carbocycles. The van der Waals surface area contributed by atoms with Crippen molar-refractivity contribution in [3.05, 3.63) is 35.9 Å². The van der Waals surface area contributed by atoms with E-state index in [1.807, 2.05) is 0 Å². The standard InChI is InChI=1S/C16H23N/c1-3-7-13(8-4-1)16(17-15-11-12-15)14-9-5-2-6-10-14/h1,3-4,7-8,14-17H,2,5-6,9-12H2. The Morgan fingerprint density at radius 3 is 2.24 bits per heavy atom. The van der Waals surface area contributed by atoms with E-state index in [9.17, 15) is 0 Å². The summed E-state index contributed by atoms with van der Waals surface area (Å²) in [5.41, 5.74) is 1.51. The first kappa shape index (κ1) is 11.3. The smallest absolute Gasteiger partial charge is 0.0351 e. The largest absolute Gasteiger partial charge is 0.307 e. The highest BCUT2D eigenvalue weighted by Crippen LogP contribution is 2.36. The molecular weight excluding hydrogens is 206 g/mol. The molecule has 2 aliphatic rings. The van der Waals surface area contributed by atoms with Crippen molar-refractivity contribution in [1.82, 2.24) is 5.32 Å². The predicted molar refractivity (Wildman–Crippen MR) is 71.9 cm³/mol. The van der Waals surface area contributed by atoms with Crippen LogP contribution in [-0.4, -0.2) is 6.04 Å². The van der Waals surface area contributed by atoms with E-state index in [0.29, 0.717) is 6.04 Å². The lowest BCUT2D eigenvalue weighted by Gasteiger charge is -2.31. The monoisotopic (exact) mass is 229 g/mol. The third-order valence-corrected chi connectivity index (χ3v) is 4.27. The van der Waals surface area contributed by atoms with Crippen molar-refractivity contribution in [1.29, 1.82) is 0 Å². The summed E-state index contributed by atoms with van der Waals surface area (Å²) in [4.78, 5) is 0. The van der Waals surface area contributed by atoms with Crippen LogP contribution in [0.3, 0.4) is 0 Å². The highest BCUT2D eigenvalue weighted by atomic mass is 15.0. The Hall–Kier alpha value is -0.820. The highest BCUT2D eigenvalue weighted by molar-refractivity contribution is 5.20. The van der Waals surface area contributed by atoms with Gasteiger partial charge in [-0.1, -0.05) is 49.6 Å². The van der Waals surface area contributed by atoms with Crippen molar-refractivity contribution >= 4 is 0 Å². The first-order valence-corrected chi connectivity index (χ1v) is 7.24. The maximum Gasteiger partial charge on any atom is 0.0351 e. The third kappa shape index (κ3) is 2.90. The molecule has 2 fully saturated rings. The molecule has 1 aromatic rings. The minimum atomic E-state index is 0.615. The second kappa shape index (κ2) is 5.22. The van der Waals surface area contributed by atoms with Crippen LogP contribution >= 0.6 is 0 Å². The zero-order valence-corrected chi connectivity index (χ0v) is 10.6. The summed E-state index contributed by atoms with van der Waals surface area (Å²) >= 11 is 0. The number of rotatable bonds is 4. The lowest BCUT2D eigenvalue weighted by Crippen LogP contribution is -2.31. The Labute approximate surface area is 105 Å². The van der Waals surface area contributed by atoms with E-state index in [1.165, 1.54) is 50.5 Å². The first-order valence-electron chi connectivity index (χ1n) is 7.24. The molecule has 0 spiro atoms. The molecule has 17 heavy (non-hydrogen) atoms. The molecule has 1 unspecified atom stereocenters. The Balaban J connectivity index is 1.75. The SMILES string of the molecule is c1ccc(C(NC2CC2)C2CCCCC2)cc1. The van der Waals surface area contributed by atoms with Crippen LogP contribution in [0, 0.1) is 5.92 Å². The summed E-state index contributed by atoms with van der Waals surface area (Å²) in [6, 6.07) is 12.5. The average molecular weight is 229 g/mol. The molecule has 0 aromatic heterocycles. The van der Waals surface area contributed by atoms with E-state index in [1.54, 1.807) is 0 Å². The van der Waals surface area contributed by atoms with E-state index in [2.05, 4.69) is 35.6 Å². The molecule has 0 heterocycles. The molecule has 1 aromatic carbocycles. The Kier molecular flexibility index (Phi) is 3.46. The lowest BCUT2D eigenvalue weighted by molar-refractivity contribution is 0.270. The van der Waals surface area contributed by atoms with Gasteiger partial charge in [-0.3, -0.25) is 0 Å². The lowest BCUT2D eigenvalue weighted by atomic mass is 9.81. The second-order valence-electron chi connectivity index (χ2n) is 5.73. The normalized spacial score (nSPS) is 23.5. The fraction of sp³-hybridized carbons (Fsp3) is 0.625. The third-order valence-electron chi connectivity index (χ3n) is 4.27. The van der Waals surface area contributed by atoms with Crippen LogP contribution in [0.15, 0.2) is 30.3 Å². The van der Waals surface area contributed by atoms with Gasteiger partial charge in [0.2, 0.25) is 0 Å². The van der Waals surface area contributed by atoms with Gasteiger partial charge in [-0.05, 0) is 37.2 Å². The minimum absolute atomic E-state index is 0.615. The molecular formula is C16H23N. The summed E-state index contributed by atoms with van der Waals surface area (Å²) < 4.78 is 0. The van der Waals surface area contributed by atoms with E-state index in [0.717, 1.165) is 12.0 Å². The van der Waals surface area contributed by atoms with E-state index in [-0.39, 0.29) is 0 Å². The van der Waals surface area contributed by atoms with Gasteiger partial charge in [0.05, 0.1) is 0 Å². The number of nitrogens with one attached hydrogen (secondary N) is 1. The van der Waals surface area contributed by atoms with Gasteiger partial charge in [0, 0.05) is 12.1 Å². The van der Waals surface area contributed by atoms with Crippen LogP contribution in [0.1, 0.15) is 56.6 Å². The Morgan fingerprint density at radius 2 is 1.59 bits per heavy atom. The number of benzene rings is 1.